The van der Waals surface area contributed by atoms with Gasteiger partial charge in [0.15, 0.2) is 0 Å². The summed E-state index contributed by atoms with van der Waals surface area (Å²) in [4.78, 5) is 8.81. The average molecular weight is 158 g/mol. The van der Waals surface area contributed by atoms with Gasteiger partial charge in [0.2, 0.25) is 0 Å². The molecule has 0 rings (SSSR count). The van der Waals surface area contributed by atoms with E-state index in [1.807, 2.05) is 0 Å². The first-order valence-corrected chi connectivity index (χ1v) is 4.62. The Morgan fingerprint density at radius 1 is 1.18 bits per heavy atom. The predicted molar refractivity (Wildman–Crippen MR) is 50.7 cm³/mol. The normalized spacial score (nSPS) is 8.82. The maximum absolute atomic E-state index is 8.81. The topological polar surface area (TPSA) is 17.1 Å². The predicted octanol–water partition coefficient (Wildman–Crippen LogP) is 3.43. The van der Waals surface area contributed by atoms with Crippen LogP contribution in [0.3, 0.4) is 0 Å². The highest BCUT2D eigenvalue weighted by Gasteiger charge is 1.95. The summed E-state index contributed by atoms with van der Waals surface area (Å²) in [6.07, 6.45) is 6.27. The average Bonchev–Trinajstić information content (AvgIpc) is 1.90. The van der Waals surface area contributed by atoms with Crippen LogP contribution < -0.4 is 0 Å². The summed E-state index contributed by atoms with van der Waals surface area (Å²) < 4.78 is 0. The van der Waals surface area contributed by atoms with Crippen LogP contribution in [-0.4, -0.2) is 6.29 Å². The van der Waals surface area contributed by atoms with Gasteiger partial charge in [-0.05, 0) is 12.8 Å². The van der Waals surface area contributed by atoms with Crippen molar-refractivity contribution in [2.24, 2.45) is 5.92 Å². The molecule has 0 saturated carbocycles. The van der Waals surface area contributed by atoms with Crippen LogP contribution in [0.2, 0.25) is 0 Å². The summed E-state index contributed by atoms with van der Waals surface area (Å²) in [5.74, 6) is 0.963. The van der Waals surface area contributed by atoms with Crippen LogP contribution in [0, 0.1) is 5.92 Å². The smallest absolute Gasteiger partial charge is 0.116 e. The fourth-order valence-corrected chi connectivity index (χ4v) is 1.13. The highest BCUT2D eigenvalue weighted by Crippen LogP contribution is 2.10. The SMILES string of the molecule is CC=O.CCCC(C)CCC. The molecule has 0 aromatic carbocycles. The van der Waals surface area contributed by atoms with E-state index in [2.05, 4.69) is 20.8 Å². The first kappa shape index (κ1) is 13.3. The lowest BCUT2D eigenvalue weighted by molar-refractivity contribution is -0.106. The van der Waals surface area contributed by atoms with Crippen molar-refractivity contribution in [1.29, 1.82) is 0 Å². The summed E-state index contributed by atoms with van der Waals surface area (Å²) in [7, 11) is 0. The molecule has 1 heteroatoms. The fraction of sp³-hybridized carbons (Fsp3) is 0.900. The summed E-state index contributed by atoms with van der Waals surface area (Å²) >= 11 is 0. The Bertz CT molecular complexity index is 63.3. The summed E-state index contributed by atoms with van der Waals surface area (Å²) in [5.41, 5.74) is 0. The standard InChI is InChI=1S/C8H18.C2H4O/c1-4-6-8(3)7-5-2;1-2-3/h8H,4-7H2,1-3H3;2H,1H3. The van der Waals surface area contributed by atoms with E-state index in [4.69, 9.17) is 4.79 Å². The minimum atomic E-state index is 0.750. The zero-order chi connectivity index (χ0) is 9.11. The van der Waals surface area contributed by atoms with Crippen molar-refractivity contribution in [2.75, 3.05) is 0 Å². The molecule has 0 fully saturated rings. The largest absolute Gasteiger partial charge is 0.304 e. The molecule has 0 atom stereocenters. The van der Waals surface area contributed by atoms with Gasteiger partial charge in [0.1, 0.15) is 6.29 Å². The first-order valence-electron chi connectivity index (χ1n) is 4.62. The Balaban J connectivity index is 0. The van der Waals surface area contributed by atoms with Crippen molar-refractivity contribution in [3.8, 4) is 0 Å². The van der Waals surface area contributed by atoms with Gasteiger partial charge >= 0.3 is 0 Å². The molecule has 0 aromatic rings. The Labute approximate surface area is 71.2 Å². The second kappa shape index (κ2) is 12.4. The van der Waals surface area contributed by atoms with Crippen LogP contribution in [0.1, 0.15) is 53.4 Å². The molecule has 0 aromatic heterocycles. The van der Waals surface area contributed by atoms with E-state index < -0.39 is 0 Å². The van der Waals surface area contributed by atoms with Crippen LogP contribution in [0.5, 0.6) is 0 Å². The van der Waals surface area contributed by atoms with Gasteiger partial charge in [-0.3, -0.25) is 0 Å². The van der Waals surface area contributed by atoms with Crippen molar-refractivity contribution in [3.63, 3.8) is 0 Å². The summed E-state index contributed by atoms with van der Waals surface area (Å²) in [5, 5.41) is 0. The zero-order valence-corrected chi connectivity index (χ0v) is 8.39. The van der Waals surface area contributed by atoms with E-state index in [0.717, 1.165) is 12.2 Å². The second-order valence-corrected chi connectivity index (χ2v) is 2.92. The van der Waals surface area contributed by atoms with Crippen LogP contribution in [0.15, 0.2) is 0 Å². The summed E-state index contributed by atoms with van der Waals surface area (Å²) in [6, 6.07) is 0. The molecule has 0 spiro atoms. The fourth-order valence-electron chi connectivity index (χ4n) is 1.13. The van der Waals surface area contributed by atoms with E-state index >= 15 is 0 Å². The molecule has 0 radical (unpaired) electrons. The number of hydrogen-bond acceptors (Lipinski definition) is 1. The van der Waals surface area contributed by atoms with Crippen LogP contribution in [0.25, 0.3) is 0 Å². The number of hydrogen-bond donors (Lipinski definition) is 0. The summed E-state index contributed by atoms with van der Waals surface area (Å²) in [6.45, 7) is 8.30. The monoisotopic (exact) mass is 158 g/mol. The Hall–Kier alpha value is -0.330. The van der Waals surface area contributed by atoms with E-state index in [1.54, 1.807) is 0 Å². The van der Waals surface area contributed by atoms with Gasteiger partial charge in [0, 0.05) is 0 Å². The van der Waals surface area contributed by atoms with Crippen molar-refractivity contribution >= 4 is 6.29 Å². The zero-order valence-electron chi connectivity index (χ0n) is 8.39. The van der Waals surface area contributed by atoms with Crippen molar-refractivity contribution in [1.82, 2.24) is 0 Å². The minimum absolute atomic E-state index is 0.750. The number of carbonyl (C=O) groups is 1. The molecule has 0 heterocycles. The lowest BCUT2D eigenvalue weighted by atomic mass is 10.0. The minimum Gasteiger partial charge on any atom is -0.304 e. The number of rotatable bonds is 4. The van der Waals surface area contributed by atoms with Crippen molar-refractivity contribution < 1.29 is 4.79 Å². The van der Waals surface area contributed by atoms with E-state index in [9.17, 15) is 0 Å². The highest BCUT2D eigenvalue weighted by molar-refractivity contribution is 5.44. The molecule has 0 saturated heterocycles. The molecular weight excluding hydrogens is 136 g/mol. The molecule has 0 amide bonds. The van der Waals surface area contributed by atoms with Gasteiger partial charge < -0.3 is 4.79 Å². The maximum atomic E-state index is 8.81. The molecular formula is C10H22O. The second-order valence-electron chi connectivity index (χ2n) is 2.92. The van der Waals surface area contributed by atoms with Gasteiger partial charge in [0.25, 0.3) is 0 Å². The number of aldehydes is 1. The molecule has 0 N–H and O–H groups in total. The van der Waals surface area contributed by atoms with Crippen LogP contribution in [0.4, 0.5) is 0 Å². The van der Waals surface area contributed by atoms with Crippen LogP contribution in [-0.2, 0) is 4.79 Å². The highest BCUT2D eigenvalue weighted by atomic mass is 16.1. The van der Waals surface area contributed by atoms with E-state index in [1.165, 1.54) is 32.6 Å². The van der Waals surface area contributed by atoms with Gasteiger partial charge in [-0.2, -0.15) is 0 Å². The van der Waals surface area contributed by atoms with Crippen molar-refractivity contribution in [2.45, 2.75) is 53.4 Å². The van der Waals surface area contributed by atoms with Gasteiger partial charge in [-0.25, -0.2) is 0 Å². The first-order chi connectivity index (χ1) is 5.22. The lowest BCUT2D eigenvalue weighted by Gasteiger charge is -2.05. The molecule has 68 valence electrons. The van der Waals surface area contributed by atoms with E-state index in [-0.39, 0.29) is 0 Å². The maximum Gasteiger partial charge on any atom is 0.116 e. The quantitative estimate of drug-likeness (QED) is 0.573. The number of carbonyl (C=O) groups excluding carboxylic acids is 1. The molecule has 0 aliphatic rings. The van der Waals surface area contributed by atoms with Crippen LogP contribution >= 0.6 is 0 Å². The van der Waals surface area contributed by atoms with Gasteiger partial charge in [-0.15, -0.1) is 0 Å². The third-order valence-corrected chi connectivity index (χ3v) is 1.56. The van der Waals surface area contributed by atoms with Crippen molar-refractivity contribution in [3.05, 3.63) is 0 Å². The molecule has 11 heavy (non-hydrogen) atoms. The molecule has 0 bridgehead atoms. The third-order valence-electron chi connectivity index (χ3n) is 1.56. The Morgan fingerprint density at radius 2 is 1.45 bits per heavy atom. The molecule has 0 aliphatic heterocycles. The Morgan fingerprint density at radius 3 is 1.64 bits per heavy atom. The molecule has 0 unspecified atom stereocenters. The Kier molecular flexibility index (Phi) is 14.9. The lowest BCUT2D eigenvalue weighted by Crippen LogP contribution is -1.91. The van der Waals surface area contributed by atoms with Gasteiger partial charge in [-0.1, -0.05) is 46.5 Å². The van der Waals surface area contributed by atoms with E-state index in [0.29, 0.717) is 0 Å². The molecule has 1 nitrogen and oxygen atoms in total. The third kappa shape index (κ3) is 17.7. The van der Waals surface area contributed by atoms with Gasteiger partial charge in [0.05, 0.1) is 0 Å². The molecule has 0 aliphatic carbocycles.